The summed E-state index contributed by atoms with van der Waals surface area (Å²) in [5.41, 5.74) is 3.43. The Hall–Kier alpha value is -4.31. The van der Waals surface area contributed by atoms with E-state index in [2.05, 4.69) is 20.3 Å². The number of hydrogen-bond acceptors (Lipinski definition) is 6. The van der Waals surface area contributed by atoms with Crippen molar-refractivity contribution < 1.29 is 19.0 Å². The van der Waals surface area contributed by atoms with Gasteiger partial charge in [0.25, 0.3) is 5.91 Å². The standard InChI is InChI=1S/C28H28N6O3S/c1-37-25-13-7-21(8-14-25)27(36)33-17-15-32(16-18-33)23-11-9-22(10-12-23)31-26(35)19-38-28-29-20-30-34(28)24-5-3-2-4-6-24/h2-14,20H,15-19H2,1H3,(H,31,35)/p+1. The highest BCUT2D eigenvalue weighted by molar-refractivity contribution is 7.99. The molecule has 0 unspecified atom stereocenters. The first kappa shape index (κ1) is 25.3. The van der Waals surface area contributed by atoms with Crippen molar-refractivity contribution in [2.75, 3.05) is 49.3 Å². The van der Waals surface area contributed by atoms with Gasteiger partial charge in [-0.2, -0.15) is 5.10 Å². The van der Waals surface area contributed by atoms with Crippen molar-refractivity contribution in [1.29, 1.82) is 0 Å². The molecular weight excluding hydrogens is 500 g/mol. The van der Waals surface area contributed by atoms with Gasteiger partial charge in [-0.25, -0.2) is 0 Å². The van der Waals surface area contributed by atoms with Gasteiger partial charge in [0.2, 0.25) is 12.2 Å². The molecule has 3 aromatic carbocycles. The number of carbonyl (C=O) groups excluding carboxylic acids is 2. The fraction of sp³-hybridized carbons (Fsp3) is 0.214. The molecule has 10 heteroatoms. The van der Waals surface area contributed by atoms with Gasteiger partial charge >= 0.3 is 5.16 Å². The van der Waals surface area contributed by atoms with Crippen molar-refractivity contribution in [2.45, 2.75) is 5.16 Å². The molecule has 0 atom stereocenters. The highest BCUT2D eigenvalue weighted by atomic mass is 32.2. The number of aromatic nitrogens is 3. The molecule has 0 saturated carbocycles. The SMILES string of the molecule is COc1ccc(C(=O)N2CCN(c3ccc(NC(=O)CSc4nc[nH][n+]4-c4ccccc4)cc3)CC2)cc1. The number of piperazine rings is 1. The maximum absolute atomic E-state index is 12.8. The van der Waals surface area contributed by atoms with Gasteiger partial charge in [0.1, 0.15) is 5.75 Å². The molecule has 9 nitrogen and oxygen atoms in total. The lowest BCUT2D eigenvalue weighted by atomic mass is 10.1. The number of H-pyrrole nitrogens is 1. The summed E-state index contributed by atoms with van der Waals surface area (Å²) >= 11 is 1.37. The molecule has 2 N–H and O–H groups in total. The Kier molecular flexibility index (Phi) is 7.89. The van der Waals surface area contributed by atoms with Crippen molar-refractivity contribution in [3.8, 4) is 11.4 Å². The van der Waals surface area contributed by atoms with Gasteiger partial charge in [0, 0.05) is 43.1 Å². The number of hydrogen-bond donors (Lipinski definition) is 2. The fourth-order valence-electron chi connectivity index (χ4n) is 4.29. The van der Waals surface area contributed by atoms with Crippen molar-refractivity contribution in [3.63, 3.8) is 0 Å². The molecule has 4 aromatic rings. The number of aromatic amines is 1. The minimum absolute atomic E-state index is 0.0346. The van der Waals surface area contributed by atoms with E-state index in [9.17, 15) is 9.59 Å². The number of amides is 2. The zero-order valence-corrected chi connectivity index (χ0v) is 21.9. The molecule has 1 aromatic heterocycles. The summed E-state index contributed by atoms with van der Waals surface area (Å²) in [5, 5.41) is 6.75. The first-order valence-corrected chi connectivity index (χ1v) is 13.3. The summed E-state index contributed by atoms with van der Waals surface area (Å²) in [6, 6.07) is 24.8. The first-order valence-electron chi connectivity index (χ1n) is 12.3. The number of thioether (sulfide) groups is 1. The Morgan fingerprint density at radius 3 is 2.37 bits per heavy atom. The Morgan fingerprint density at radius 2 is 1.68 bits per heavy atom. The van der Waals surface area contributed by atoms with Gasteiger partial charge in [-0.1, -0.05) is 18.2 Å². The van der Waals surface area contributed by atoms with Gasteiger partial charge in [0.05, 0.1) is 12.9 Å². The van der Waals surface area contributed by atoms with E-state index >= 15 is 0 Å². The Morgan fingerprint density at radius 1 is 0.974 bits per heavy atom. The summed E-state index contributed by atoms with van der Waals surface area (Å²) in [4.78, 5) is 33.8. The molecule has 1 aliphatic rings. The third-order valence-electron chi connectivity index (χ3n) is 6.32. The highest BCUT2D eigenvalue weighted by Gasteiger charge is 2.23. The lowest BCUT2D eigenvalue weighted by Crippen LogP contribution is -2.48. The number of nitrogens with zero attached hydrogens (tertiary/aromatic N) is 4. The van der Waals surface area contributed by atoms with Crippen LogP contribution in [0.1, 0.15) is 10.4 Å². The highest BCUT2D eigenvalue weighted by Crippen LogP contribution is 2.21. The summed E-state index contributed by atoms with van der Waals surface area (Å²) < 4.78 is 7.02. The van der Waals surface area contributed by atoms with Crippen LogP contribution in [-0.4, -0.2) is 65.8 Å². The second-order valence-corrected chi connectivity index (χ2v) is 9.67. The number of ether oxygens (including phenoxy) is 1. The summed E-state index contributed by atoms with van der Waals surface area (Å²) in [6.45, 7) is 2.79. The van der Waals surface area contributed by atoms with Crippen LogP contribution in [0.2, 0.25) is 0 Å². The molecule has 1 saturated heterocycles. The maximum atomic E-state index is 12.8. The molecule has 2 amide bonds. The van der Waals surface area contributed by atoms with Crippen LogP contribution in [0, 0.1) is 0 Å². The van der Waals surface area contributed by atoms with E-state index < -0.39 is 0 Å². The first-order chi connectivity index (χ1) is 18.6. The largest absolute Gasteiger partial charge is 0.497 e. The number of nitrogens with one attached hydrogen (secondary N) is 2. The Labute approximate surface area is 225 Å². The number of rotatable bonds is 8. The minimum Gasteiger partial charge on any atom is -0.497 e. The zero-order chi connectivity index (χ0) is 26.3. The molecular formula is C28H29N6O3S+. The second-order valence-electron chi connectivity index (χ2n) is 8.73. The Bertz CT molecular complexity index is 1370. The van der Waals surface area contributed by atoms with E-state index in [4.69, 9.17) is 4.74 Å². The zero-order valence-electron chi connectivity index (χ0n) is 21.0. The predicted octanol–water partition coefficient (Wildman–Crippen LogP) is 3.39. The van der Waals surface area contributed by atoms with Crippen LogP contribution >= 0.6 is 11.8 Å². The Balaban J connectivity index is 1.10. The van der Waals surface area contributed by atoms with E-state index in [1.807, 2.05) is 64.2 Å². The van der Waals surface area contributed by atoms with E-state index in [1.165, 1.54) is 11.8 Å². The smallest absolute Gasteiger partial charge is 0.385 e. The van der Waals surface area contributed by atoms with Crippen LogP contribution in [0.15, 0.2) is 90.3 Å². The maximum Gasteiger partial charge on any atom is 0.385 e. The van der Waals surface area contributed by atoms with E-state index in [-0.39, 0.29) is 17.6 Å². The number of para-hydroxylation sites is 1. The minimum atomic E-state index is -0.101. The van der Waals surface area contributed by atoms with E-state index in [0.717, 1.165) is 35.9 Å². The van der Waals surface area contributed by atoms with Crippen molar-refractivity contribution in [1.82, 2.24) is 15.0 Å². The number of carbonyl (C=O) groups is 2. The van der Waals surface area contributed by atoms with E-state index in [0.29, 0.717) is 23.8 Å². The quantitative estimate of drug-likeness (QED) is 0.269. The summed E-state index contributed by atoms with van der Waals surface area (Å²) in [6.07, 6.45) is 1.61. The van der Waals surface area contributed by atoms with Crippen LogP contribution in [-0.2, 0) is 4.79 Å². The third-order valence-corrected chi connectivity index (χ3v) is 7.27. The average Bonchev–Trinajstić information content (AvgIpc) is 3.45. The second kappa shape index (κ2) is 11.8. The predicted molar refractivity (Wildman–Crippen MR) is 147 cm³/mol. The molecule has 0 radical (unpaired) electrons. The van der Waals surface area contributed by atoms with Crippen LogP contribution in [0.3, 0.4) is 0 Å². The van der Waals surface area contributed by atoms with Gasteiger partial charge in [-0.05, 0) is 77.4 Å². The lowest BCUT2D eigenvalue weighted by Gasteiger charge is -2.36. The fourth-order valence-corrected chi connectivity index (χ4v) is 5.03. The van der Waals surface area contributed by atoms with Crippen molar-refractivity contribution in [3.05, 3.63) is 90.8 Å². The normalized spacial score (nSPS) is 13.3. The topological polar surface area (TPSA) is 94.4 Å². The summed E-state index contributed by atoms with van der Waals surface area (Å²) in [5.74, 6) is 0.908. The number of benzene rings is 3. The molecule has 2 heterocycles. The third kappa shape index (κ3) is 5.97. The van der Waals surface area contributed by atoms with Crippen molar-refractivity contribution in [2.24, 2.45) is 0 Å². The van der Waals surface area contributed by atoms with Crippen molar-refractivity contribution >= 4 is 35.0 Å². The average molecular weight is 530 g/mol. The number of anilines is 2. The number of methoxy groups -OCH3 is 1. The summed E-state index contributed by atoms with van der Waals surface area (Å²) in [7, 11) is 1.61. The molecule has 1 fully saturated rings. The van der Waals surface area contributed by atoms with Crippen LogP contribution in [0.5, 0.6) is 5.75 Å². The van der Waals surface area contributed by atoms with Gasteiger partial charge in [-0.3, -0.25) is 9.59 Å². The molecule has 38 heavy (non-hydrogen) atoms. The molecule has 0 spiro atoms. The van der Waals surface area contributed by atoms with Crippen LogP contribution in [0.25, 0.3) is 5.69 Å². The molecule has 0 bridgehead atoms. The lowest BCUT2D eigenvalue weighted by molar-refractivity contribution is -0.694. The van der Waals surface area contributed by atoms with Crippen LogP contribution < -0.4 is 19.6 Å². The molecule has 194 valence electrons. The van der Waals surface area contributed by atoms with Gasteiger partial charge in [0.15, 0.2) is 5.69 Å². The monoisotopic (exact) mass is 529 g/mol. The molecule has 1 aliphatic heterocycles. The van der Waals surface area contributed by atoms with Gasteiger partial charge < -0.3 is 19.9 Å². The van der Waals surface area contributed by atoms with Crippen LogP contribution in [0.4, 0.5) is 11.4 Å². The van der Waals surface area contributed by atoms with Gasteiger partial charge in [-0.15, -0.1) is 4.68 Å². The molecule has 0 aliphatic carbocycles. The van der Waals surface area contributed by atoms with E-state index in [1.54, 1.807) is 37.7 Å². The molecule has 5 rings (SSSR count).